The van der Waals surface area contributed by atoms with Gasteiger partial charge in [0.2, 0.25) is 10.0 Å². The van der Waals surface area contributed by atoms with E-state index in [1.807, 2.05) is 11.6 Å². The Kier molecular flexibility index (Phi) is 6.00. The number of halogens is 1. The molecular formula is C16H29ClN4O2S. The summed E-state index contributed by atoms with van der Waals surface area (Å²) >= 11 is 0. The Morgan fingerprint density at radius 3 is 2.38 bits per heavy atom. The number of aromatic nitrogens is 2. The molecule has 0 amide bonds. The van der Waals surface area contributed by atoms with Gasteiger partial charge in [0.15, 0.2) is 0 Å². The van der Waals surface area contributed by atoms with E-state index in [4.69, 9.17) is 0 Å². The molecule has 2 aliphatic rings. The van der Waals surface area contributed by atoms with E-state index in [1.165, 1.54) is 0 Å². The minimum atomic E-state index is -3.52. The molecule has 0 radical (unpaired) electrons. The number of nitrogens with zero attached hydrogens (tertiary/aromatic N) is 2. The summed E-state index contributed by atoms with van der Waals surface area (Å²) in [5.41, 5.74) is 1.33. The van der Waals surface area contributed by atoms with Crippen molar-refractivity contribution in [1.82, 2.24) is 19.8 Å². The Morgan fingerprint density at radius 2 is 1.83 bits per heavy atom. The molecule has 138 valence electrons. The van der Waals surface area contributed by atoms with Crippen molar-refractivity contribution in [2.45, 2.75) is 82.9 Å². The lowest BCUT2D eigenvalue weighted by molar-refractivity contribution is 0.345. The normalized spacial score (nSPS) is 26.6. The fourth-order valence-electron chi connectivity index (χ4n) is 4.02. The van der Waals surface area contributed by atoms with Gasteiger partial charge in [-0.2, -0.15) is 5.10 Å². The standard InChI is InChI=1S/C16H28N4O2S.ClH/c1-10(2)9-20-12(4)16(11(3)18-20)23(21,22)19-15-7-13-5-6-14(8-15)17-13;/h10,13-15,17,19H,5-9H2,1-4H3;1H. The summed E-state index contributed by atoms with van der Waals surface area (Å²) in [6.07, 6.45) is 4.09. The zero-order chi connectivity index (χ0) is 16.8. The Hall–Kier alpha value is -0.630. The van der Waals surface area contributed by atoms with Crippen molar-refractivity contribution in [2.24, 2.45) is 5.92 Å². The molecule has 3 heterocycles. The van der Waals surface area contributed by atoms with E-state index in [1.54, 1.807) is 6.92 Å². The molecule has 0 aromatic carbocycles. The van der Waals surface area contributed by atoms with Crippen molar-refractivity contribution < 1.29 is 8.42 Å². The van der Waals surface area contributed by atoms with Gasteiger partial charge in [0.1, 0.15) is 4.90 Å². The average molecular weight is 377 g/mol. The van der Waals surface area contributed by atoms with Crippen LogP contribution in [-0.4, -0.2) is 36.3 Å². The first-order valence-corrected chi connectivity index (χ1v) is 10.1. The summed E-state index contributed by atoms with van der Waals surface area (Å²) in [5.74, 6) is 0.427. The molecule has 6 nitrogen and oxygen atoms in total. The number of piperidine rings is 1. The highest BCUT2D eigenvalue weighted by molar-refractivity contribution is 7.89. The van der Waals surface area contributed by atoms with Crippen molar-refractivity contribution in [3.63, 3.8) is 0 Å². The highest BCUT2D eigenvalue weighted by Crippen LogP contribution is 2.28. The maximum atomic E-state index is 12.9. The van der Waals surface area contributed by atoms with Gasteiger partial charge < -0.3 is 5.32 Å². The quantitative estimate of drug-likeness (QED) is 0.825. The lowest BCUT2D eigenvalue weighted by Crippen LogP contribution is -2.48. The molecule has 0 spiro atoms. The van der Waals surface area contributed by atoms with E-state index >= 15 is 0 Å². The van der Waals surface area contributed by atoms with Crippen LogP contribution in [0.5, 0.6) is 0 Å². The number of hydrogen-bond donors (Lipinski definition) is 2. The summed E-state index contributed by atoms with van der Waals surface area (Å²) in [6.45, 7) is 8.58. The third-order valence-corrected chi connectivity index (χ3v) is 6.69. The van der Waals surface area contributed by atoms with E-state index in [9.17, 15) is 8.42 Å². The molecule has 2 saturated heterocycles. The summed E-state index contributed by atoms with van der Waals surface area (Å²) in [7, 11) is -3.52. The van der Waals surface area contributed by atoms with Crippen molar-refractivity contribution in [3.8, 4) is 0 Å². The maximum Gasteiger partial charge on any atom is 0.244 e. The van der Waals surface area contributed by atoms with Crippen LogP contribution >= 0.6 is 12.4 Å². The van der Waals surface area contributed by atoms with Gasteiger partial charge in [-0.15, -0.1) is 12.4 Å². The number of aryl methyl sites for hydroxylation is 1. The van der Waals surface area contributed by atoms with Crippen LogP contribution in [0, 0.1) is 19.8 Å². The molecule has 24 heavy (non-hydrogen) atoms. The Labute approximate surface area is 151 Å². The van der Waals surface area contributed by atoms with Gasteiger partial charge >= 0.3 is 0 Å². The van der Waals surface area contributed by atoms with Crippen molar-refractivity contribution in [3.05, 3.63) is 11.4 Å². The highest BCUT2D eigenvalue weighted by atomic mass is 35.5. The van der Waals surface area contributed by atoms with Crippen LogP contribution < -0.4 is 10.0 Å². The number of nitrogens with one attached hydrogen (secondary N) is 2. The number of hydrogen-bond acceptors (Lipinski definition) is 4. The van der Waals surface area contributed by atoms with Crippen molar-refractivity contribution in [1.29, 1.82) is 0 Å². The average Bonchev–Trinajstić information content (AvgIpc) is 2.89. The lowest BCUT2D eigenvalue weighted by Gasteiger charge is -2.29. The van der Waals surface area contributed by atoms with Gasteiger partial charge in [0.25, 0.3) is 0 Å². The third-order valence-electron chi connectivity index (χ3n) is 4.92. The van der Waals surface area contributed by atoms with Crippen LogP contribution in [0.25, 0.3) is 0 Å². The third kappa shape index (κ3) is 3.95. The minimum absolute atomic E-state index is 0. The SMILES string of the molecule is Cc1nn(CC(C)C)c(C)c1S(=O)(=O)NC1CC2CCC(C1)N2.Cl. The number of rotatable bonds is 5. The molecular weight excluding hydrogens is 348 g/mol. The van der Waals surface area contributed by atoms with E-state index < -0.39 is 10.0 Å². The van der Waals surface area contributed by atoms with Gasteiger partial charge in [-0.25, -0.2) is 13.1 Å². The van der Waals surface area contributed by atoms with Gasteiger partial charge in [-0.05, 0) is 45.4 Å². The van der Waals surface area contributed by atoms with Crippen LogP contribution in [0.3, 0.4) is 0 Å². The summed E-state index contributed by atoms with van der Waals surface area (Å²) in [5, 5.41) is 7.98. The molecule has 0 aliphatic carbocycles. The first-order valence-electron chi connectivity index (χ1n) is 8.58. The maximum absolute atomic E-state index is 12.9. The van der Waals surface area contributed by atoms with Gasteiger partial charge in [-0.3, -0.25) is 4.68 Å². The van der Waals surface area contributed by atoms with Gasteiger partial charge in [0, 0.05) is 24.7 Å². The molecule has 1 aromatic rings. The van der Waals surface area contributed by atoms with Gasteiger partial charge in [-0.1, -0.05) is 13.8 Å². The predicted molar refractivity (Wildman–Crippen MR) is 97.1 cm³/mol. The summed E-state index contributed by atoms with van der Waals surface area (Å²) in [6, 6.07) is 0.964. The first kappa shape index (κ1) is 19.7. The second-order valence-corrected chi connectivity index (χ2v) is 9.15. The molecule has 2 atom stereocenters. The summed E-state index contributed by atoms with van der Waals surface area (Å²) in [4.78, 5) is 0.365. The van der Waals surface area contributed by atoms with Crippen LogP contribution in [0.15, 0.2) is 4.90 Å². The van der Waals surface area contributed by atoms with Gasteiger partial charge in [0.05, 0.1) is 11.4 Å². The second-order valence-electron chi connectivity index (χ2n) is 7.50. The van der Waals surface area contributed by atoms with Crippen molar-refractivity contribution in [2.75, 3.05) is 0 Å². The van der Waals surface area contributed by atoms with Crippen LogP contribution in [0.4, 0.5) is 0 Å². The fraction of sp³-hybridized carbons (Fsp3) is 0.812. The second kappa shape index (κ2) is 7.32. The van der Waals surface area contributed by atoms with Crippen LogP contribution in [0.1, 0.15) is 50.9 Å². The highest BCUT2D eigenvalue weighted by Gasteiger charge is 2.36. The predicted octanol–water partition coefficient (Wildman–Crippen LogP) is 2.14. The van der Waals surface area contributed by atoms with E-state index in [2.05, 4.69) is 29.0 Å². The molecule has 2 bridgehead atoms. The topological polar surface area (TPSA) is 76.0 Å². The zero-order valence-corrected chi connectivity index (χ0v) is 16.5. The molecule has 0 saturated carbocycles. The molecule has 2 unspecified atom stereocenters. The number of fused-ring (bicyclic) bond motifs is 2. The van der Waals surface area contributed by atoms with E-state index in [0.717, 1.165) is 37.9 Å². The zero-order valence-electron chi connectivity index (χ0n) is 14.9. The minimum Gasteiger partial charge on any atom is -0.311 e. The fourth-order valence-corrected chi connectivity index (χ4v) is 5.70. The molecule has 1 aromatic heterocycles. The largest absolute Gasteiger partial charge is 0.311 e. The van der Waals surface area contributed by atoms with E-state index in [0.29, 0.717) is 28.6 Å². The monoisotopic (exact) mass is 376 g/mol. The summed E-state index contributed by atoms with van der Waals surface area (Å²) < 4.78 is 30.5. The molecule has 2 aliphatic heterocycles. The smallest absolute Gasteiger partial charge is 0.244 e. The van der Waals surface area contributed by atoms with Crippen molar-refractivity contribution >= 4 is 22.4 Å². The van der Waals surface area contributed by atoms with Crippen LogP contribution in [-0.2, 0) is 16.6 Å². The first-order chi connectivity index (χ1) is 10.8. The molecule has 3 rings (SSSR count). The Bertz CT molecular complexity index is 674. The molecule has 2 fully saturated rings. The lowest BCUT2D eigenvalue weighted by atomic mass is 10.0. The number of sulfonamides is 1. The molecule has 2 N–H and O–H groups in total. The Morgan fingerprint density at radius 1 is 1.25 bits per heavy atom. The molecule has 8 heteroatoms. The van der Waals surface area contributed by atoms with E-state index in [-0.39, 0.29) is 18.4 Å². The Balaban J connectivity index is 0.00000208. The van der Waals surface area contributed by atoms with Crippen LogP contribution in [0.2, 0.25) is 0 Å².